The van der Waals surface area contributed by atoms with Crippen LogP contribution >= 0.6 is 0 Å². The highest BCUT2D eigenvalue weighted by molar-refractivity contribution is 7.89. The maximum Gasteiger partial charge on any atom is 0.243 e. The van der Waals surface area contributed by atoms with Crippen molar-refractivity contribution in [1.29, 1.82) is 0 Å². The van der Waals surface area contributed by atoms with Crippen molar-refractivity contribution >= 4 is 20.8 Å². The minimum absolute atomic E-state index is 0.409. The Balaban J connectivity index is 1.51. The Labute approximate surface area is 154 Å². The van der Waals surface area contributed by atoms with Crippen LogP contribution in [-0.4, -0.2) is 43.8 Å². The molecule has 134 valence electrons. The van der Waals surface area contributed by atoms with Crippen molar-refractivity contribution in [2.45, 2.75) is 11.4 Å². The van der Waals surface area contributed by atoms with E-state index >= 15 is 0 Å². The smallest absolute Gasteiger partial charge is 0.243 e. The monoisotopic (exact) mass is 366 g/mol. The second kappa shape index (κ2) is 7.19. The van der Waals surface area contributed by atoms with Crippen molar-refractivity contribution in [2.75, 3.05) is 26.2 Å². The molecule has 0 atom stereocenters. The summed E-state index contributed by atoms with van der Waals surface area (Å²) in [6.45, 7) is 3.41. The zero-order valence-corrected chi connectivity index (χ0v) is 15.4. The van der Waals surface area contributed by atoms with E-state index < -0.39 is 10.0 Å². The molecule has 4 nitrogen and oxygen atoms in total. The standard InChI is InChI=1S/C21H22N2O2S/c24-26(25,21-12-6-10-19-9-4-5-11-20(19)21)23-15-13-22(14-16-23)17-18-7-2-1-3-8-18/h1-12H,13-17H2. The van der Waals surface area contributed by atoms with E-state index in [1.165, 1.54) is 5.56 Å². The fraction of sp³-hybridized carbons (Fsp3) is 0.238. The summed E-state index contributed by atoms with van der Waals surface area (Å²) >= 11 is 0. The van der Waals surface area contributed by atoms with Crippen molar-refractivity contribution in [2.24, 2.45) is 0 Å². The van der Waals surface area contributed by atoms with Crippen LogP contribution in [0.3, 0.4) is 0 Å². The highest BCUT2D eigenvalue weighted by Gasteiger charge is 2.29. The predicted octanol–water partition coefficient (Wildman–Crippen LogP) is 3.35. The van der Waals surface area contributed by atoms with Gasteiger partial charge < -0.3 is 0 Å². The Morgan fingerprint density at radius 2 is 1.38 bits per heavy atom. The van der Waals surface area contributed by atoms with Gasteiger partial charge in [0.1, 0.15) is 0 Å². The Morgan fingerprint density at radius 3 is 2.15 bits per heavy atom. The lowest BCUT2D eigenvalue weighted by Gasteiger charge is -2.34. The summed E-state index contributed by atoms with van der Waals surface area (Å²) in [6.07, 6.45) is 0. The van der Waals surface area contributed by atoms with Gasteiger partial charge in [-0.15, -0.1) is 0 Å². The van der Waals surface area contributed by atoms with Crippen molar-refractivity contribution in [3.05, 3.63) is 78.4 Å². The topological polar surface area (TPSA) is 40.6 Å². The lowest BCUT2D eigenvalue weighted by atomic mass is 10.1. The lowest BCUT2D eigenvalue weighted by Crippen LogP contribution is -2.48. The van der Waals surface area contributed by atoms with Gasteiger partial charge in [-0.3, -0.25) is 4.90 Å². The summed E-state index contributed by atoms with van der Waals surface area (Å²) in [5.41, 5.74) is 1.26. The highest BCUT2D eigenvalue weighted by atomic mass is 32.2. The van der Waals surface area contributed by atoms with Crippen LogP contribution in [0.25, 0.3) is 10.8 Å². The molecule has 1 aliphatic rings. The van der Waals surface area contributed by atoms with Crippen LogP contribution < -0.4 is 0 Å². The van der Waals surface area contributed by atoms with Gasteiger partial charge in [0, 0.05) is 38.1 Å². The molecule has 0 spiro atoms. The summed E-state index contributed by atoms with van der Waals surface area (Å²) in [5, 5.41) is 1.75. The number of nitrogens with zero attached hydrogens (tertiary/aromatic N) is 2. The number of hydrogen-bond donors (Lipinski definition) is 0. The van der Waals surface area contributed by atoms with E-state index in [4.69, 9.17) is 0 Å². The van der Waals surface area contributed by atoms with Crippen molar-refractivity contribution in [1.82, 2.24) is 9.21 Å². The second-order valence-electron chi connectivity index (χ2n) is 6.64. The molecule has 0 unspecified atom stereocenters. The van der Waals surface area contributed by atoms with Gasteiger partial charge >= 0.3 is 0 Å². The van der Waals surface area contributed by atoms with Gasteiger partial charge in [-0.2, -0.15) is 4.31 Å². The summed E-state index contributed by atoms with van der Waals surface area (Å²) in [6, 6.07) is 23.4. The maximum atomic E-state index is 13.2. The van der Waals surface area contributed by atoms with E-state index in [0.717, 1.165) is 30.4 Å². The molecule has 1 saturated heterocycles. The molecule has 0 bridgehead atoms. The third-order valence-corrected chi connectivity index (χ3v) is 6.90. The average molecular weight is 366 g/mol. The first kappa shape index (κ1) is 17.2. The number of piperazine rings is 1. The third-order valence-electron chi connectivity index (χ3n) is 4.95. The molecule has 0 N–H and O–H groups in total. The number of benzene rings is 3. The van der Waals surface area contributed by atoms with Gasteiger partial charge in [0.05, 0.1) is 4.90 Å². The quantitative estimate of drug-likeness (QED) is 0.711. The van der Waals surface area contributed by atoms with Crippen LogP contribution in [0.1, 0.15) is 5.56 Å². The number of rotatable bonds is 4. The first-order valence-corrected chi connectivity index (χ1v) is 10.3. The van der Waals surface area contributed by atoms with E-state index in [2.05, 4.69) is 17.0 Å². The largest absolute Gasteiger partial charge is 0.296 e. The number of hydrogen-bond acceptors (Lipinski definition) is 3. The summed E-state index contributed by atoms with van der Waals surface area (Å²) in [7, 11) is -3.48. The molecule has 1 aliphatic heterocycles. The van der Waals surface area contributed by atoms with Gasteiger partial charge in [0.15, 0.2) is 0 Å². The molecule has 0 aromatic heterocycles. The molecule has 1 fully saturated rings. The third kappa shape index (κ3) is 3.38. The zero-order chi connectivity index (χ0) is 18.0. The number of fused-ring (bicyclic) bond motifs is 1. The molecular formula is C21H22N2O2S. The van der Waals surface area contributed by atoms with Crippen LogP contribution in [0.15, 0.2) is 77.7 Å². The van der Waals surface area contributed by atoms with Gasteiger partial charge in [0.25, 0.3) is 0 Å². The normalized spacial score (nSPS) is 16.8. The first-order valence-electron chi connectivity index (χ1n) is 8.89. The summed E-state index contributed by atoms with van der Waals surface area (Å²) in [5.74, 6) is 0. The predicted molar refractivity (Wildman–Crippen MR) is 104 cm³/mol. The van der Waals surface area contributed by atoms with E-state index in [-0.39, 0.29) is 0 Å². The fourth-order valence-corrected chi connectivity index (χ4v) is 5.17. The van der Waals surface area contributed by atoms with E-state index in [0.29, 0.717) is 18.0 Å². The van der Waals surface area contributed by atoms with E-state index in [1.54, 1.807) is 10.4 Å². The van der Waals surface area contributed by atoms with Crippen molar-refractivity contribution in [3.8, 4) is 0 Å². The molecule has 1 heterocycles. The highest BCUT2D eigenvalue weighted by Crippen LogP contribution is 2.26. The first-order chi connectivity index (χ1) is 12.6. The Bertz CT molecular complexity index is 989. The Hall–Kier alpha value is -2.21. The van der Waals surface area contributed by atoms with Gasteiger partial charge in [-0.25, -0.2) is 8.42 Å². The maximum absolute atomic E-state index is 13.2. The van der Waals surface area contributed by atoms with E-state index in [9.17, 15) is 8.42 Å². The average Bonchev–Trinajstić information content (AvgIpc) is 2.69. The Morgan fingerprint density at radius 1 is 0.731 bits per heavy atom. The molecule has 26 heavy (non-hydrogen) atoms. The molecule has 3 aromatic rings. The molecule has 4 rings (SSSR count). The minimum atomic E-state index is -3.48. The molecule has 0 amide bonds. The summed E-state index contributed by atoms with van der Waals surface area (Å²) < 4.78 is 28.0. The van der Waals surface area contributed by atoms with Gasteiger partial charge in [-0.05, 0) is 17.0 Å². The van der Waals surface area contributed by atoms with Gasteiger partial charge in [0.2, 0.25) is 10.0 Å². The van der Waals surface area contributed by atoms with Gasteiger partial charge in [-0.1, -0.05) is 66.7 Å². The molecule has 0 aliphatic carbocycles. The lowest BCUT2D eigenvalue weighted by molar-refractivity contribution is 0.181. The van der Waals surface area contributed by atoms with Crippen molar-refractivity contribution in [3.63, 3.8) is 0 Å². The van der Waals surface area contributed by atoms with Crippen LogP contribution in [0, 0.1) is 0 Å². The van der Waals surface area contributed by atoms with Crippen LogP contribution in [0.4, 0.5) is 0 Å². The Kier molecular flexibility index (Phi) is 4.76. The van der Waals surface area contributed by atoms with Crippen molar-refractivity contribution < 1.29 is 8.42 Å². The summed E-state index contributed by atoms with van der Waals surface area (Å²) in [4.78, 5) is 2.72. The molecular weight excluding hydrogens is 344 g/mol. The fourth-order valence-electron chi connectivity index (χ4n) is 3.53. The van der Waals surface area contributed by atoms with Crippen LogP contribution in [0.5, 0.6) is 0 Å². The van der Waals surface area contributed by atoms with E-state index in [1.807, 2.05) is 54.6 Å². The molecule has 0 saturated carbocycles. The van der Waals surface area contributed by atoms with Crippen LogP contribution in [0.2, 0.25) is 0 Å². The second-order valence-corrected chi connectivity index (χ2v) is 8.55. The molecule has 5 heteroatoms. The molecule has 0 radical (unpaired) electrons. The zero-order valence-electron chi connectivity index (χ0n) is 14.6. The number of sulfonamides is 1. The van der Waals surface area contributed by atoms with Crippen LogP contribution in [-0.2, 0) is 16.6 Å². The SMILES string of the molecule is O=S(=O)(c1cccc2ccccc12)N1CCN(Cc2ccccc2)CC1. The molecule has 3 aromatic carbocycles. The minimum Gasteiger partial charge on any atom is -0.296 e.